The highest BCUT2D eigenvalue weighted by atomic mass is 16.5. The molecule has 1 aliphatic rings. The molecule has 1 rings (SSSR count). The summed E-state index contributed by atoms with van der Waals surface area (Å²) in [7, 11) is 1.61. The summed E-state index contributed by atoms with van der Waals surface area (Å²) in [4.78, 5) is 14.0. The summed E-state index contributed by atoms with van der Waals surface area (Å²) < 4.78 is 10.2. The van der Waals surface area contributed by atoms with Crippen molar-refractivity contribution in [2.24, 2.45) is 5.73 Å². The second kappa shape index (κ2) is 7.60. The number of morpholine rings is 1. The summed E-state index contributed by atoms with van der Waals surface area (Å²) >= 11 is 0. The zero-order chi connectivity index (χ0) is 12.7. The smallest absolute Gasteiger partial charge is 0.237 e. The number of methoxy groups -OCH3 is 1. The maximum atomic E-state index is 11.9. The minimum Gasteiger partial charge on any atom is -0.383 e. The zero-order valence-corrected chi connectivity index (χ0v) is 10.6. The van der Waals surface area contributed by atoms with Crippen molar-refractivity contribution in [1.29, 1.82) is 0 Å². The van der Waals surface area contributed by atoms with E-state index in [1.165, 1.54) is 0 Å². The van der Waals surface area contributed by atoms with E-state index in [2.05, 4.69) is 10.2 Å². The van der Waals surface area contributed by atoms with Crippen molar-refractivity contribution in [3.63, 3.8) is 0 Å². The van der Waals surface area contributed by atoms with E-state index in [4.69, 9.17) is 15.2 Å². The molecule has 6 nitrogen and oxygen atoms in total. The Morgan fingerprint density at radius 3 is 3.12 bits per heavy atom. The lowest BCUT2D eigenvalue weighted by Crippen LogP contribution is -2.57. The number of nitrogens with one attached hydrogen (secondary N) is 1. The molecular formula is C11H23N3O3. The lowest BCUT2D eigenvalue weighted by Gasteiger charge is -2.38. The number of nitrogens with two attached hydrogens (primary N) is 1. The molecule has 3 N–H and O–H groups in total. The third kappa shape index (κ3) is 4.23. The molecule has 0 aromatic heterocycles. The van der Waals surface area contributed by atoms with Gasteiger partial charge in [-0.3, -0.25) is 9.69 Å². The summed E-state index contributed by atoms with van der Waals surface area (Å²) in [5, 5.41) is 2.84. The molecule has 0 radical (unpaired) electrons. The van der Waals surface area contributed by atoms with Gasteiger partial charge in [0.05, 0.1) is 25.9 Å². The van der Waals surface area contributed by atoms with Crippen molar-refractivity contribution < 1.29 is 14.3 Å². The predicted octanol–water partition coefficient (Wildman–Crippen LogP) is -1.20. The van der Waals surface area contributed by atoms with Gasteiger partial charge in [-0.15, -0.1) is 0 Å². The van der Waals surface area contributed by atoms with Gasteiger partial charge in [0.25, 0.3) is 0 Å². The molecule has 6 heteroatoms. The maximum absolute atomic E-state index is 11.9. The second-order valence-corrected chi connectivity index (χ2v) is 4.16. The highest BCUT2D eigenvalue weighted by molar-refractivity contribution is 5.81. The van der Waals surface area contributed by atoms with Crippen LogP contribution in [0.25, 0.3) is 0 Å². The topological polar surface area (TPSA) is 76.8 Å². The van der Waals surface area contributed by atoms with Crippen LogP contribution < -0.4 is 11.1 Å². The van der Waals surface area contributed by atoms with Crippen LogP contribution in [0.3, 0.4) is 0 Å². The second-order valence-electron chi connectivity index (χ2n) is 4.16. The van der Waals surface area contributed by atoms with Crippen LogP contribution in [0.4, 0.5) is 0 Å². The fourth-order valence-electron chi connectivity index (χ4n) is 1.96. The molecule has 2 unspecified atom stereocenters. The standard InChI is InChI=1S/C11H23N3O3/c1-9(11(15)13-3-5-16-2)14-4-6-17-8-10(14)7-12/h9-10H,3-8,12H2,1-2H3,(H,13,15). The number of nitrogens with zero attached hydrogens (tertiary/aromatic N) is 1. The maximum Gasteiger partial charge on any atom is 0.237 e. The van der Waals surface area contributed by atoms with Gasteiger partial charge in [-0.25, -0.2) is 0 Å². The van der Waals surface area contributed by atoms with E-state index in [1.807, 2.05) is 6.92 Å². The summed E-state index contributed by atoms with van der Waals surface area (Å²) in [6.07, 6.45) is 0. The first-order valence-corrected chi connectivity index (χ1v) is 6.01. The van der Waals surface area contributed by atoms with Gasteiger partial charge in [0.15, 0.2) is 0 Å². The van der Waals surface area contributed by atoms with Crippen molar-refractivity contribution >= 4 is 5.91 Å². The molecule has 0 bridgehead atoms. The van der Waals surface area contributed by atoms with E-state index in [-0.39, 0.29) is 18.0 Å². The monoisotopic (exact) mass is 245 g/mol. The molecule has 17 heavy (non-hydrogen) atoms. The van der Waals surface area contributed by atoms with Gasteiger partial charge in [-0.05, 0) is 6.92 Å². The molecule has 1 aliphatic heterocycles. The van der Waals surface area contributed by atoms with Crippen molar-refractivity contribution in [3.05, 3.63) is 0 Å². The average Bonchev–Trinajstić information content (AvgIpc) is 2.38. The van der Waals surface area contributed by atoms with Crippen LogP contribution in [0.2, 0.25) is 0 Å². The van der Waals surface area contributed by atoms with Crippen LogP contribution in [-0.4, -0.2) is 69.5 Å². The first-order chi connectivity index (χ1) is 8.20. The van der Waals surface area contributed by atoms with Gasteiger partial charge < -0.3 is 20.5 Å². The molecule has 0 aromatic carbocycles. The lowest BCUT2D eigenvalue weighted by atomic mass is 10.1. The Bertz CT molecular complexity index is 238. The van der Waals surface area contributed by atoms with Crippen molar-refractivity contribution in [3.8, 4) is 0 Å². The van der Waals surface area contributed by atoms with E-state index >= 15 is 0 Å². The Balaban J connectivity index is 2.42. The summed E-state index contributed by atoms with van der Waals surface area (Å²) in [6, 6.07) is -0.0452. The number of hydrogen-bond acceptors (Lipinski definition) is 5. The Labute approximate surface area is 102 Å². The SMILES string of the molecule is COCCNC(=O)C(C)N1CCOCC1CN. The van der Waals surface area contributed by atoms with Gasteiger partial charge in [0, 0.05) is 32.8 Å². The van der Waals surface area contributed by atoms with E-state index in [0.29, 0.717) is 32.9 Å². The van der Waals surface area contributed by atoms with E-state index < -0.39 is 0 Å². The first kappa shape index (κ1) is 14.4. The van der Waals surface area contributed by atoms with Crippen molar-refractivity contribution in [1.82, 2.24) is 10.2 Å². The van der Waals surface area contributed by atoms with Crippen LogP contribution in [0.15, 0.2) is 0 Å². The fraction of sp³-hybridized carbons (Fsp3) is 0.909. The molecule has 1 saturated heterocycles. The number of carbonyl (C=O) groups excluding carboxylic acids is 1. The molecule has 0 aromatic rings. The Morgan fingerprint density at radius 2 is 2.47 bits per heavy atom. The molecule has 1 heterocycles. The lowest BCUT2D eigenvalue weighted by molar-refractivity contribution is -0.129. The number of hydrogen-bond donors (Lipinski definition) is 2. The molecule has 1 fully saturated rings. The number of amides is 1. The third-order valence-electron chi connectivity index (χ3n) is 3.03. The Hall–Kier alpha value is -0.690. The minimum atomic E-state index is -0.177. The van der Waals surface area contributed by atoms with Crippen LogP contribution in [0.5, 0.6) is 0 Å². The van der Waals surface area contributed by atoms with E-state index in [0.717, 1.165) is 6.54 Å². The molecule has 100 valence electrons. The average molecular weight is 245 g/mol. The van der Waals surface area contributed by atoms with Crippen LogP contribution >= 0.6 is 0 Å². The van der Waals surface area contributed by atoms with Gasteiger partial charge in [-0.2, -0.15) is 0 Å². The highest BCUT2D eigenvalue weighted by Crippen LogP contribution is 2.10. The molecule has 0 spiro atoms. The van der Waals surface area contributed by atoms with E-state index in [9.17, 15) is 4.79 Å². The molecule has 2 atom stereocenters. The molecular weight excluding hydrogens is 222 g/mol. The third-order valence-corrected chi connectivity index (χ3v) is 3.03. The van der Waals surface area contributed by atoms with Gasteiger partial charge >= 0.3 is 0 Å². The summed E-state index contributed by atoms with van der Waals surface area (Å²) in [5.74, 6) is 0.0161. The van der Waals surface area contributed by atoms with E-state index in [1.54, 1.807) is 7.11 Å². The number of rotatable bonds is 6. The van der Waals surface area contributed by atoms with Crippen molar-refractivity contribution in [2.75, 3.05) is 46.6 Å². The normalized spacial score (nSPS) is 23.4. The largest absolute Gasteiger partial charge is 0.383 e. The molecule has 0 saturated carbocycles. The van der Waals surface area contributed by atoms with Crippen LogP contribution in [0, 0.1) is 0 Å². The zero-order valence-electron chi connectivity index (χ0n) is 10.6. The highest BCUT2D eigenvalue weighted by Gasteiger charge is 2.29. The minimum absolute atomic E-state index is 0.0161. The first-order valence-electron chi connectivity index (χ1n) is 6.01. The van der Waals surface area contributed by atoms with Crippen molar-refractivity contribution in [2.45, 2.75) is 19.0 Å². The van der Waals surface area contributed by atoms with Gasteiger partial charge in [0.1, 0.15) is 0 Å². The van der Waals surface area contributed by atoms with Crippen LogP contribution in [0.1, 0.15) is 6.92 Å². The Morgan fingerprint density at radius 1 is 1.71 bits per heavy atom. The predicted molar refractivity (Wildman–Crippen MR) is 64.7 cm³/mol. The summed E-state index contributed by atoms with van der Waals surface area (Å²) in [6.45, 7) is 5.49. The molecule has 0 aliphatic carbocycles. The number of ether oxygens (including phenoxy) is 2. The quantitative estimate of drug-likeness (QED) is 0.575. The molecule has 1 amide bonds. The summed E-state index contributed by atoms with van der Waals surface area (Å²) in [5.41, 5.74) is 5.68. The number of carbonyl (C=O) groups is 1. The van der Waals surface area contributed by atoms with Gasteiger partial charge in [0.2, 0.25) is 5.91 Å². The Kier molecular flexibility index (Phi) is 6.43. The fourth-order valence-corrected chi connectivity index (χ4v) is 1.96. The van der Waals surface area contributed by atoms with Gasteiger partial charge in [-0.1, -0.05) is 0 Å². The van der Waals surface area contributed by atoms with Crippen LogP contribution in [-0.2, 0) is 14.3 Å².